The largest absolute Gasteiger partial charge is 0.378 e. The number of nitrogens with one attached hydrogen (secondary N) is 1. The number of hydrogen-bond acceptors (Lipinski definition) is 3. The van der Waals surface area contributed by atoms with E-state index in [0.717, 1.165) is 50.1 Å². The van der Waals surface area contributed by atoms with Gasteiger partial charge in [-0.05, 0) is 44.2 Å². The highest BCUT2D eigenvalue weighted by Gasteiger charge is 2.29. The van der Waals surface area contributed by atoms with E-state index in [1.54, 1.807) is 0 Å². The monoisotopic (exact) mass is 315 g/mol. The van der Waals surface area contributed by atoms with Crippen molar-refractivity contribution in [3.8, 4) is 0 Å². The number of likely N-dealkylation sites (tertiary alicyclic amines) is 1. The van der Waals surface area contributed by atoms with Crippen molar-refractivity contribution in [2.24, 2.45) is 5.92 Å². The summed E-state index contributed by atoms with van der Waals surface area (Å²) in [6, 6.07) is 8.30. The molecule has 2 aliphatic heterocycles. The molecular weight excluding hydrogens is 290 g/mol. The molecule has 3 heterocycles. The first-order valence-electron chi connectivity index (χ1n) is 8.75. The average Bonchev–Trinajstić information content (AvgIpc) is 3.11. The molecule has 1 aromatic heterocycles. The van der Waals surface area contributed by atoms with Crippen LogP contribution in [0.1, 0.15) is 32.2 Å². The first-order valence-corrected chi connectivity index (χ1v) is 8.75. The van der Waals surface area contributed by atoms with E-state index in [1.165, 1.54) is 6.42 Å². The minimum atomic E-state index is 0.0301. The van der Waals surface area contributed by atoms with Crippen LogP contribution in [0, 0.1) is 5.92 Å². The molecular formula is C18H25N3O2. The van der Waals surface area contributed by atoms with E-state index in [-0.39, 0.29) is 5.69 Å². The SMILES string of the molecule is CC1OCCC1CN1CCC(n2c(=O)[nH]c3ccccc32)CC1. The van der Waals surface area contributed by atoms with Crippen molar-refractivity contribution in [3.05, 3.63) is 34.7 Å². The van der Waals surface area contributed by atoms with Gasteiger partial charge >= 0.3 is 5.69 Å². The maximum atomic E-state index is 12.3. The van der Waals surface area contributed by atoms with Gasteiger partial charge in [-0.25, -0.2) is 4.79 Å². The zero-order chi connectivity index (χ0) is 15.8. The Kier molecular flexibility index (Phi) is 3.99. The Labute approximate surface area is 136 Å². The van der Waals surface area contributed by atoms with Crippen molar-refractivity contribution in [2.45, 2.75) is 38.3 Å². The number of imidazole rings is 1. The third kappa shape index (κ3) is 2.83. The van der Waals surface area contributed by atoms with Crippen LogP contribution in [-0.2, 0) is 4.74 Å². The lowest BCUT2D eigenvalue weighted by Crippen LogP contribution is -2.40. The first kappa shape index (κ1) is 15.0. The van der Waals surface area contributed by atoms with Gasteiger partial charge in [-0.15, -0.1) is 0 Å². The number of ether oxygens (including phenoxy) is 1. The Morgan fingerprint density at radius 3 is 2.74 bits per heavy atom. The highest BCUT2D eigenvalue weighted by molar-refractivity contribution is 5.75. The van der Waals surface area contributed by atoms with Gasteiger partial charge in [0, 0.05) is 32.3 Å². The predicted molar refractivity (Wildman–Crippen MR) is 90.8 cm³/mol. The van der Waals surface area contributed by atoms with E-state index >= 15 is 0 Å². The minimum Gasteiger partial charge on any atom is -0.378 e. The van der Waals surface area contributed by atoms with Gasteiger partial charge in [0.15, 0.2) is 0 Å². The maximum absolute atomic E-state index is 12.3. The average molecular weight is 315 g/mol. The summed E-state index contributed by atoms with van der Waals surface area (Å²) in [4.78, 5) is 17.8. The molecule has 5 heteroatoms. The summed E-state index contributed by atoms with van der Waals surface area (Å²) < 4.78 is 7.64. The lowest BCUT2D eigenvalue weighted by atomic mass is 9.99. The fourth-order valence-electron chi connectivity index (χ4n) is 4.14. The molecule has 2 aromatic rings. The summed E-state index contributed by atoms with van der Waals surface area (Å²) in [6.45, 7) is 6.37. The fraction of sp³-hybridized carbons (Fsp3) is 0.611. The lowest BCUT2D eigenvalue weighted by molar-refractivity contribution is 0.0849. The Morgan fingerprint density at radius 2 is 2.00 bits per heavy atom. The molecule has 1 N–H and O–H groups in total. The number of fused-ring (bicyclic) bond motifs is 1. The zero-order valence-electron chi connectivity index (χ0n) is 13.7. The number of aromatic nitrogens is 2. The summed E-state index contributed by atoms with van der Waals surface area (Å²) in [7, 11) is 0. The number of aromatic amines is 1. The maximum Gasteiger partial charge on any atom is 0.326 e. The van der Waals surface area contributed by atoms with Crippen molar-refractivity contribution < 1.29 is 4.74 Å². The molecule has 1 aromatic carbocycles. The molecule has 0 amide bonds. The van der Waals surface area contributed by atoms with Gasteiger partial charge in [0.2, 0.25) is 0 Å². The molecule has 0 radical (unpaired) electrons. The van der Waals surface area contributed by atoms with Crippen molar-refractivity contribution in [2.75, 3.05) is 26.2 Å². The van der Waals surface area contributed by atoms with Gasteiger partial charge in [-0.1, -0.05) is 12.1 Å². The zero-order valence-corrected chi connectivity index (χ0v) is 13.7. The topological polar surface area (TPSA) is 50.3 Å². The van der Waals surface area contributed by atoms with Gasteiger partial charge < -0.3 is 14.6 Å². The van der Waals surface area contributed by atoms with Gasteiger partial charge in [0.25, 0.3) is 0 Å². The molecule has 2 fully saturated rings. The quantitative estimate of drug-likeness (QED) is 0.946. The summed E-state index contributed by atoms with van der Waals surface area (Å²) in [5.41, 5.74) is 2.01. The van der Waals surface area contributed by atoms with Crippen LogP contribution < -0.4 is 5.69 Å². The Bertz CT molecular complexity index is 727. The summed E-state index contributed by atoms with van der Waals surface area (Å²) in [5, 5.41) is 0. The van der Waals surface area contributed by atoms with Gasteiger partial charge in [-0.2, -0.15) is 0 Å². The smallest absolute Gasteiger partial charge is 0.326 e. The van der Waals surface area contributed by atoms with Crippen LogP contribution in [-0.4, -0.2) is 46.8 Å². The molecule has 0 aliphatic carbocycles. The van der Waals surface area contributed by atoms with Crippen molar-refractivity contribution >= 4 is 11.0 Å². The molecule has 0 spiro atoms. The molecule has 2 aliphatic rings. The second kappa shape index (κ2) is 6.13. The number of piperidine rings is 1. The standard InChI is InChI=1S/C18H25N3O2/c1-13-14(8-11-23-13)12-20-9-6-15(7-10-20)21-17-5-3-2-4-16(17)19-18(21)22/h2-5,13-15H,6-12H2,1H3,(H,19,22). The highest BCUT2D eigenvalue weighted by Crippen LogP contribution is 2.27. The van der Waals surface area contributed by atoms with Crippen molar-refractivity contribution in [1.29, 1.82) is 0 Å². The van der Waals surface area contributed by atoms with Crippen LogP contribution in [0.4, 0.5) is 0 Å². The van der Waals surface area contributed by atoms with Crippen LogP contribution >= 0.6 is 0 Å². The number of hydrogen-bond donors (Lipinski definition) is 1. The Hall–Kier alpha value is -1.59. The summed E-state index contributed by atoms with van der Waals surface area (Å²) >= 11 is 0. The number of H-pyrrole nitrogens is 1. The molecule has 2 unspecified atom stereocenters. The molecule has 2 saturated heterocycles. The predicted octanol–water partition coefficient (Wildman–Crippen LogP) is 2.39. The normalized spacial score (nSPS) is 27.0. The van der Waals surface area contributed by atoms with Crippen LogP contribution in [0.15, 0.2) is 29.1 Å². The minimum absolute atomic E-state index is 0.0301. The third-order valence-electron chi connectivity index (χ3n) is 5.57. The van der Waals surface area contributed by atoms with Crippen LogP contribution in [0.5, 0.6) is 0 Å². The Balaban J connectivity index is 1.45. The van der Waals surface area contributed by atoms with Crippen LogP contribution in [0.2, 0.25) is 0 Å². The van der Waals surface area contributed by atoms with E-state index in [4.69, 9.17) is 4.74 Å². The van der Waals surface area contributed by atoms with Crippen LogP contribution in [0.3, 0.4) is 0 Å². The molecule has 5 nitrogen and oxygen atoms in total. The van der Waals surface area contributed by atoms with Gasteiger partial charge in [-0.3, -0.25) is 4.57 Å². The molecule has 0 saturated carbocycles. The lowest BCUT2D eigenvalue weighted by Gasteiger charge is -2.34. The van der Waals surface area contributed by atoms with Gasteiger partial charge in [0.05, 0.1) is 17.1 Å². The second-order valence-electron chi connectivity index (χ2n) is 6.97. The molecule has 2 atom stereocenters. The van der Waals surface area contributed by atoms with Crippen LogP contribution in [0.25, 0.3) is 11.0 Å². The molecule has 0 bridgehead atoms. The summed E-state index contributed by atoms with van der Waals surface area (Å²) in [6.07, 6.45) is 3.67. The number of nitrogens with zero attached hydrogens (tertiary/aromatic N) is 2. The highest BCUT2D eigenvalue weighted by atomic mass is 16.5. The molecule has 4 rings (SSSR count). The first-order chi connectivity index (χ1) is 11.2. The second-order valence-corrected chi connectivity index (χ2v) is 6.97. The van der Waals surface area contributed by atoms with E-state index in [9.17, 15) is 4.79 Å². The van der Waals surface area contributed by atoms with E-state index in [2.05, 4.69) is 16.8 Å². The number of benzene rings is 1. The fourth-order valence-corrected chi connectivity index (χ4v) is 4.14. The number of rotatable bonds is 3. The van der Waals surface area contributed by atoms with Crippen molar-refractivity contribution in [3.63, 3.8) is 0 Å². The van der Waals surface area contributed by atoms with Crippen molar-refractivity contribution in [1.82, 2.24) is 14.5 Å². The van der Waals surface area contributed by atoms with E-state index in [1.807, 2.05) is 28.8 Å². The number of para-hydroxylation sites is 2. The van der Waals surface area contributed by atoms with Gasteiger partial charge in [0.1, 0.15) is 0 Å². The third-order valence-corrected chi connectivity index (χ3v) is 5.57. The Morgan fingerprint density at radius 1 is 1.22 bits per heavy atom. The molecule has 23 heavy (non-hydrogen) atoms. The summed E-state index contributed by atoms with van der Waals surface area (Å²) in [5.74, 6) is 0.669. The van der Waals surface area contributed by atoms with E-state index < -0.39 is 0 Å². The molecule has 124 valence electrons. The van der Waals surface area contributed by atoms with E-state index in [0.29, 0.717) is 18.1 Å².